The Morgan fingerprint density at radius 2 is 1.16 bits per heavy atom. The van der Waals surface area contributed by atoms with Crippen LogP contribution in [0.25, 0.3) is 21.5 Å². The fourth-order valence-corrected chi connectivity index (χ4v) is 9.43. The molecule has 0 bridgehead atoms. The molecule has 0 fully saturated rings. The van der Waals surface area contributed by atoms with Crippen molar-refractivity contribution in [2.24, 2.45) is 0 Å². The van der Waals surface area contributed by atoms with Gasteiger partial charge in [0.1, 0.15) is 0 Å². The minimum atomic E-state index is -0.297. The summed E-state index contributed by atoms with van der Waals surface area (Å²) in [5, 5.41) is 10.1. The largest absolute Gasteiger partial charge is 0.384 e. The number of benzene rings is 4. The Morgan fingerprint density at radius 3 is 1.65 bits per heavy atom. The van der Waals surface area contributed by atoms with Crippen molar-refractivity contribution in [2.45, 2.75) is 19.4 Å². The lowest BCUT2D eigenvalue weighted by molar-refractivity contribution is 0.0605. The summed E-state index contributed by atoms with van der Waals surface area (Å²) >= 11 is 0. The van der Waals surface area contributed by atoms with Crippen LogP contribution in [-0.2, 0) is 6.54 Å². The van der Waals surface area contributed by atoms with Gasteiger partial charge in [-0.15, -0.1) is 0 Å². The molecule has 0 spiro atoms. The molecule has 0 aliphatic carbocycles. The highest BCUT2D eigenvalue weighted by atomic mass is 33.1. The third-order valence-corrected chi connectivity index (χ3v) is 12.6. The number of amides is 4. The molecule has 14 heteroatoms. The Bertz CT molecular complexity index is 2270. The van der Waals surface area contributed by atoms with Crippen molar-refractivity contribution in [1.82, 2.24) is 29.2 Å². The van der Waals surface area contributed by atoms with E-state index in [-0.39, 0.29) is 36.7 Å². The number of carbonyl (C=O) groups is 4. The van der Waals surface area contributed by atoms with E-state index in [2.05, 4.69) is 44.9 Å². The molecule has 0 saturated heterocycles. The standard InChI is InChI=1S/C41H42N8O4S2/c1-45-20-21-47(27-45)18-5-15-44-35-13-11-33-37-29(35)7-3-9-31(37)39(51)49(41(33)53)23-25-55-54-24-22-48-38(50)30-8-2-6-28-34(12-10-32(36(28)30)40(48)52)43-14-4-17-46-19-16-42-26-46/h2-3,6-13,16,19-21,26,43-44H,4-5,14-15,17-18,22-25,27H2,1H3. The van der Waals surface area contributed by atoms with Crippen LogP contribution in [0.15, 0.2) is 91.8 Å². The first-order valence-electron chi connectivity index (χ1n) is 18.5. The number of imidazole rings is 1. The van der Waals surface area contributed by atoms with Crippen LogP contribution in [0.4, 0.5) is 11.4 Å². The van der Waals surface area contributed by atoms with Gasteiger partial charge in [0.2, 0.25) is 0 Å². The predicted octanol–water partition coefficient (Wildman–Crippen LogP) is 6.44. The topological polar surface area (TPSA) is 123 Å². The molecule has 12 nitrogen and oxygen atoms in total. The summed E-state index contributed by atoms with van der Waals surface area (Å²) < 4.78 is 2.03. The van der Waals surface area contributed by atoms with Gasteiger partial charge in [0.05, 0.1) is 13.0 Å². The van der Waals surface area contributed by atoms with E-state index in [1.807, 2.05) is 59.3 Å². The predicted molar refractivity (Wildman–Crippen MR) is 220 cm³/mol. The minimum absolute atomic E-state index is 0.249. The number of rotatable bonds is 17. The number of hydrogen-bond acceptors (Lipinski definition) is 11. The number of imide groups is 2. The molecule has 0 radical (unpaired) electrons. The van der Waals surface area contributed by atoms with Gasteiger partial charge < -0.3 is 25.0 Å². The normalized spacial score (nSPS) is 15.0. The number of aryl methyl sites for hydroxylation is 1. The molecule has 5 aromatic rings. The first-order chi connectivity index (χ1) is 26.9. The zero-order valence-electron chi connectivity index (χ0n) is 30.6. The van der Waals surface area contributed by atoms with Gasteiger partial charge in [0, 0.05) is 138 Å². The van der Waals surface area contributed by atoms with Crippen molar-refractivity contribution in [3.8, 4) is 0 Å². The maximum absolute atomic E-state index is 13.6. The fraction of sp³-hybridized carbons (Fsp3) is 0.293. The van der Waals surface area contributed by atoms with E-state index in [1.165, 1.54) is 31.4 Å². The monoisotopic (exact) mass is 774 g/mol. The van der Waals surface area contributed by atoms with E-state index in [0.29, 0.717) is 44.5 Å². The number of hydrogen-bond donors (Lipinski definition) is 2. The molecular weight excluding hydrogens is 733 g/mol. The van der Waals surface area contributed by atoms with Crippen LogP contribution in [0.5, 0.6) is 0 Å². The smallest absolute Gasteiger partial charge is 0.261 e. The van der Waals surface area contributed by atoms with Crippen molar-refractivity contribution < 1.29 is 19.2 Å². The van der Waals surface area contributed by atoms with Gasteiger partial charge in [0.25, 0.3) is 23.6 Å². The number of nitrogens with zero attached hydrogens (tertiary/aromatic N) is 6. The first kappa shape index (κ1) is 36.5. The Morgan fingerprint density at radius 1 is 0.636 bits per heavy atom. The van der Waals surface area contributed by atoms with Gasteiger partial charge in [-0.3, -0.25) is 29.0 Å². The molecule has 8 rings (SSSR count). The average molecular weight is 775 g/mol. The number of aromatic nitrogens is 2. The Labute approximate surface area is 327 Å². The van der Waals surface area contributed by atoms with E-state index in [4.69, 9.17) is 0 Å². The van der Waals surface area contributed by atoms with Gasteiger partial charge in [-0.1, -0.05) is 45.9 Å². The maximum atomic E-state index is 13.6. The van der Waals surface area contributed by atoms with Crippen LogP contribution in [0.1, 0.15) is 54.3 Å². The third-order valence-electron chi connectivity index (χ3n) is 10.2. The van der Waals surface area contributed by atoms with E-state index >= 15 is 0 Å². The second kappa shape index (κ2) is 16.1. The second-order valence-corrected chi connectivity index (χ2v) is 16.5. The van der Waals surface area contributed by atoms with Gasteiger partial charge in [-0.2, -0.15) is 0 Å². The van der Waals surface area contributed by atoms with Crippen LogP contribution in [0.2, 0.25) is 0 Å². The lowest BCUT2D eigenvalue weighted by Gasteiger charge is -2.28. The van der Waals surface area contributed by atoms with Crippen molar-refractivity contribution in [3.63, 3.8) is 0 Å². The van der Waals surface area contributed by atoms with Crippen molar-refractivity contribution in [3.05, 3.63) is 114 Å². The van der Waals surface area contributed by atoms with Crippen LogP contribution >= 0.6 is 21.6 Å². The summed E-state index contributed by atoms with van der Waals surface area (Å²) in [6.45, 7) is 4.67. The molecule has 4 amide bonds. The summed E-state index contributed by atoms with van der Waals surface area (Å²) in [6.07, 6.45) is 11.5. The Kier molecular flexibility index (Phi) is 10.7. The number of nitrogens with one attached hydrogen (secondary N) is 2. The number of anilines is 2. The van der Waals surface area contributed by atoms with Crippen LogP contribution < -0.4 is 10.6 Å². The molecule has 4 aromatic carbocycles. The van der Waals surface area contributed by atoms with Gasteiger partial charge in [-0.05, 0) is 49.2 Å². The highest BCUT2D eigenvalue weighted by Gasteiger charge is 2.34. The lowest BCUT2D eigenvalue weighted by atomic mass is 9.93. The molecule has 55 heavy (non-hydrogen) atoms. The average Bonchev–Trinajstić information content (AvgIpc) is 3.88. The van der Waals surface area contributed by atoms with Gasteiger partial charge >= 0.3 is 0 Å². The molecule has 3 aliphatic heterocycles. The molecule has 0 atom stereocenters. The van der Waals surface area contributed by atoms with Crippen LogP contribution in [-0.4, -0.2) is 111 Å². The molecule has 0 saturated carbocycles. The van der Waals surface area contributed by atoms with E-state index in [1.54, 1.807) is 24.7 Å². The number of carbonyl (C=O) groups excluding carboxylic acids is 4. The van der Waals surface area contributed by atoms with E-state index in [9.17, 15) is 19.2 Å². The summed E-state index contributed by atoms with van der Waals surface area (Å²) in [5.74, 6) is -0.155. The SMILES string of the molecule is CN1C=CN(CCCNc2ccc3c4c(cccc24)C(=O)N(CCSSCCN2C(=O)c4cccc5c(NCCCn6ccnc6)ccc(c45)C2=O)C3=O)C1. The maximum Gasteiger partial charge on any atom is 0.261 e. The Balaban J connectivity index is 0.829. The summed E-state index contributed by atoms with van der Waals surface area (Å²) in [7, 11) is 5.09. The van der Waals surface area contributed by atoms with E-state index < -0.39 is 0 Å². The summed E-state index contributed by atoms with van der Waals surface area (Å²) in [5.41, 5.74) is 3.92. The molecular formula is C41H42N8O4S2. The van der Waals surface area contributed by atoms with Gasteiger partial charge in [0.15, 0.2) is 0 Å². The zero-order valence-corrected chi connectivity index (χ0v) is 32.2. The molecule has 1 aromatic heterocycles. The molecule has 2 N–H and O–H groups in total. The Hall–Kier alpha value is -5.47. The minimum Gasteiger partial charge on any atom is -0.384 e. The van der Waals surface area contributed by atoms with Crippen molar-refractivity contribution >= 4 is 78.1 Å². The first-order valence-corrected chi connectivity index (χ1v) is 21.0. The molecule has 0 unspecified atom stereocenters. The summed E-state index contributed by atoms with van der Waals surface area (Å²) in [4.78, 5) is 65.6. The van der Waals surface area contributed by atoms with E-state index in [0.717, 1.165) is 67.8 Å². The van der Waals surface area contributed by atoms with Crippen molar-refractivity contribution in [1.29, 1.82) is 0 Å². The highest BCUT2D eigenvalue weighted by Crippen LogP contribution is 2.36. The fourth-order valence-electron chi connectivity index (χ4n) is 7.52. The molecule has 4 heterocycles. The lowest BCUT2D eigenvalue weighted by Crippen LogP contribution is -2.42. The van der Waals surface area contributed by atoms with Gasteiger partial charge in [-0.25, -0.2) is 4.98 Å². The zero-order chi connectivity index (χ0) is 37.9. The second-order valence-electron chi connectivity index (χ2n) is 13.8. The highest BCUT2D eigenvalue weighted by molar-refractivity contribution is 8.76. The van der Waals surface area contributed by atoms with Crippen LogP contribution in [0.3, 0.4) is 0 Å². The van der Waals surface area contributed by atoms with Crippen molar-refractivity contribution in [2.75, 3.05) is 68.6 Å². The quantitative estimate of drug-likeness (QED) is 0.0617. The van der Waals surface area contributed by atoms with Crippen LogP contribution in [0, 0.1) is 0 Å². The summed E-state index contributed by atoms with van der Waals surface area (Å²) in [6, 6.07) is 18.7. The molecule has 282 valence electrons. The molecule has 3 aliphatic rings. The third kappa shape index (κ3) is 7.35.